The van der Waals surface area contributed by atoms with Crippen molar-refractivity contribution < 1.29 is 27.1 Å². The summed E-state index contributed by atoms with van der Waals surface area (Å²) in [6.07, 6.45) is 0.161. The first-order valence-electron chi connectivity index (χ1n) is 9.86. The molecule has 164 valence electrons. The number of rotatable bonds is 5. The summed E-state index contributed by atoms with van der Waals surface area (Å²) in [5.41, 5.74) is 0.568. The molecule has 2 heterocycles. The van der Waals surface area contributed by atoms with Crippen LogP contribution >= 0.6 is 0 Å². The third kappa shape index (κ3) is 3.88. The Bertz CT molecular complexity index is 1110. The largest absolute Gasteiger partial charge is 0.495 e. The van der Waals surface area contributed by atoms with Gasteiger partial charge in [0.2, 0.25) is 21.8 Å². The lowest BCUT2D eigenvalue weighted by atomic mass is 10.2. The number of sulfonamides is 1. The molecular formula is C21H22FN3O5S. The summed E-state index contributed by atoms with van der Waals surface area (Å²) in [5, 5.41) is 0. The summed E-state index contributed by atoms with van der Waals surface area (Å²) >= 11 is 0. The van der Waals surface area contributed by atoms with Crippen molar-refractivity contribution in [2.24, 2.45) is 0 Å². The van der Waals surface area contributed by atoms with E-state index in [1.807, 2.05) is 4.90 Å². The number of piperazine rings is 1. The van der Waals surface area contributed by atoms with E-state index in [4.69, 9.17) is 4.74 Å². The third-order valence-electron chi connectivity index (χ3n) is 5.51. The van der Waals surface area contributed by atoms with E-state index in [9.17, 15) is 22.4 Å². The molecule has 0 bridgehead atoms. The molecule has 0 aliphatic carbocycles. The molecule has 0 saturated carbocycles. The molecule has 0 N–H and O–H groups in total. The van der Waals surface area contributed by atoms with Crippen LogP contribution in [0.25, 0.3) is 0 Å². The Kier molecular flexibility index (Phi) is 5.67. The van der Waals surface area contributed by atoms with Gasteiger partial charge in [0.1, 0.15) is 11.6 Å². The van der Waals surface area contributed by atoms with Gasteiger partial charge >= 0.3 is 0 Å². The zero-order valence-corrected chi connectivity index (χ0v) is 17.8. The average molecular weight is 447 g/mol. The van der Waals surface area contributed by atoms with Crippen molar-refractivity contribution in [3.8, 4) is 5.75 Å². The molecule has 31 heavy (non-hydrogen) atoms. The van der Waals surface area contributed by atoms with Crippen LogP contribution in [0.2, 0.25) is 0 Å². The number of para-hydroxylation sites is 1. The number of halogens is 1. The Hall–Kier alpha value is -2.98. The zero-order valence-electron chi connectivity index (χ0n) is 17.0. The number of amides is 2. The van der Waals surface area contributed by atoms with Crippen molar-refractivity contribution in [2.45, 2.75) is 17.7 Å². The van der Waals surface area contributed by atoms with Gasteiger partial charge in [0.05, 0.1) is 23.4 Å². The summed E-state index contributed by atoms with van der Waals surface area (Å²) in [6.45, 7) is 1.04. The summed E-state index contributed by atoms with van der Waals surface area (Å²) in [6, 6.07) is 10.5. The van der Waals surface area contributed by atoms with E-state index >= 15 is 0 Å². The summed E-state index contributed by atoms with van der Waals surface area (Å²) in [4.78, 5) is 27.1. The number of carbonyl (C=O) groups is 2. The number of nitrogens with zero attached hydrogens (tertiary/aromatic N) is 3. The highest BCUT2D eigenvalue weighted by Gasteiger charge is 2.35. The van der Waals surface area contributed by atoms with E-state index < -0.39 is 21.8 Å². The second kappa shape index (κ2) is 8.27. The topological polar surface area (TPSA) is 87.2 Å². The van der Waals surface area contributed by atoms with Gasteiger partial charge in [-0.05, 0) is 30.3 Å². The highest BCUT2D eigenvalue weighted by molar-refractivity contribution is 7.89. The lowest BCUT2D eigenvalue weighted by Gasteiger charge is -2.35. The van der Waals surface area contributed by atoms with E-state index in [-0.39, 0.29) is 48.1 Å². The SMILES string of the molecule is COc1ccc(S(=O)(=O)N2CCN(c3ccccc3F)CC2)cc1N1C(=O)CCC1=O. The predicted molar refractivity (Wildman–Crippen MR) is 112 cm³/mol. The number of hydrogen-bond donors (Lipinski definition) is 0. The van der Waals surface area contributed by atoms with Crippen molar-refractivity contribution in [3.05, 3.63) is 48.3 Å². The minimum absolute atomic E-state index is 0.0323. The van der Waals surface area contributed by atoms with Gasteiger partial charge in [-0.15, -0.1) is 0 Å². The summed E-state index contributed by atoms with van der Waals surface area (Å²) in [7, 11) is -2.49. The fraction of sp³-hybridized carbons (Fsp3) is 0.333. The number of carbonyl (C=O) groups excluding carboxylic acids is 2. The maximum Gasteiger partial charge on any atom is 0.243 e. The molecule has 2 aromatic carbocycles. The molecule has 0 unspecified atom stereocenters. The number of methoxy groups -OCH3 is 1. The maximum atomic E-state index is 14.1. The molecule has 2 aliphatic rings. The van der Waals surface area contributed by atoms with E-state index in [1.54, 1.807) is 18.2 Å². The molecule has 0 spiro atoms. The van der Waals surface area contributed by atoms with E-state index in [0.29, 0.717) is 18.8 Å². The molecule has 2 aromatic rings. The zero-order chi connectivity index (χ0) is 22.2. The Morgan fingerprint density at radius 3 is 2.16 bits per heavy atom. The van der Waals surface area contributed by atoms with Crippen molar-refractivity contribution in [1.82, 2.24) is 4.31 Å². The quantitative estimate of drug-likeness (QED) is 0.652. The first-order chi connectivity index (χ1) is 14.8. The van der Waals surface area contributed by atoms with Gasteiger partial charge in [0, 0.05) is 39.0 Å². The van der Waals surface area contributed by atoms with Crippen molar-refractivity contribution in [3.63, 3.8) is 0 Å². The molecule has 2 amide bonds. The van der Waals surface area contributed by atoms with Gasteiger partial charge in [-0.25, -0.2) is 17.7 Å². The van der Waals surface area contributed by atoms with E-state index in [1.165, 1.54) is 35.7 Å². The van der Waals surface area contributed by atoms with Crippen LogP contribution in [0.1, 0.15) is 12.8 Å². The minimum Gasteiger partial charge on any atom is -0.495 e. The van der Waals surface area contributed by atoms with Gasteiger partial charge in [-0.3, -0.25) is 9.59 Å². The minimum atomic E-state index is -3.88. The Labute approximate surface area is 179 Å². The molecule has 2 aliphatic heterocycles. The highest BCUT2D eigenvalue weighted by Crippen LogP contribution is 2.35. The van der Waals surface area contributed by atoms with Crippen LogP contribution in [0, 0.1) is 5.82 Å². The van der Waals surface area contributed by atoms with E-state index in [0.717, 1.165) is 4.90 Å². The number of imide groups is 1. The van der Waals surface area contributed by atoms with E-state index in [2.05, 4.69) is 0 Å². The Morgan fingerprint density at radius 1 is 0.903 bits per heavy atom. The maximum absolute atomic E-state index is 14.1. The van der Waals surface area contributed by atoms with Crippen LogP contribution in [0.4, 0.5) is 15.8 Å². The molecular weight excluding hydrogens is 425 g/mol. The number of anilines is 2. The molecule has 2 fully saturated rings. The molecule has 8 nitrogen and oxygen atoms in total. The molecule has 2 saturated heterocycles. The van der Waals surface area contributed by atoms with Crippen LogP contribution in [0.5, 0.6) is 5.75 Å². The second-order valence-corrected chi connectivity index (χ2v) is 9.24. The lowest BCUT2D eigenvalue weighted by Crippen LogP contribution is -2.48. The third-order valence-corrected chi connectivity index (χ3v) is 7.41. The summed E-state index contributed by atoms with van der Waals surface area (Å²) in [5.74, 6) is -0.891. The predicted octanol–water partition coefficient (Wildman–Crippen LogP) is 2.00. The van der Waals surface area contributed by atoms with Gasteiger partial charge in [-0.2, -0.15) is 4.31 Å². The lowest BCUT2D eigenvalue weighted by molar-refractivity contribution is -0.121. The monoisotopic (exact) mass is 447 g/mol. The fourth-order valence-corrected chi connectivity index (χ4v) is 5.32. The van der Waals surface area contributed by atoms with Gasteiger partial charge in [-0.1, -0.05) is 12.1 Å². The van der Waals surface area contributed by atoms with Gasteiger partial charge in [0.25, 0.3) is 0 Å². The average Bonchev–Trinajstić information content (AvgIpc) is 3.11. The Balaban J connectivity index is 1.58. The first-order valence-corrected chi connectivity index (χ1v) is 11.3. The van der Waals surface area contributed by atoms with Crippen LogP contribution < -0.4 is 14.5 Å². The molecule has 0 aromatic heterocycles. The van der Waals surface area contributed by atoms with Crippen LogP contribution in [-0.4, -0.2) is 57.8 Å². The highest BCUT2D eigenvalue weighted by atomic mass is 32.2. The van der Waals surface area contributed by atoms with Gasteiger partial charge in [0.15, 0.2) is 0 Å². The first kappa shape index (κ1) is 21.3. The number of hydrogen-bond acceptors (Lipinski definition) is 6. The van der Waals surface area contributed by atoms with Crippen molar-refractivity contribution >= 4 is 33.2 Å². The molecule has 0 radical (unpaired) electrons. The second-order valence-electron chi connectivity index (χ2n) is 7.30. The van der Waals surface area contributed by atoms with Crippen LogP contribution in [0.3, 0.4) is 0 Å². The number of ether oxygens (including phenoxy) is 1. The molecule has 0 atom stereocenters. The standard InChI is InChI=1S/C21H22FN3O5S/c1-30-19-7-6-15(14-18(19)25-20(26)8-9-21(25)27)31(28,29)24-12-10-23(11-13-24)17-5-3-2-4-16(17)22/h2-7,14H,8-13H2,1H3. The number of benzene rings is 2. The Morgan fingerprint density at radius 2 is 1.55 bits per heavy atom. The van der Waals surface area contributed by atoms with Crippen molar-refractivity contribution in [1.29, 1.82) is 0 Å². The van der Waals surface area contributed by atoms with Crippen molar-refractivity contribution in [2.75, 3.05) is 43.1 Å². The fourth-order valence-electron chi connectivity index (χ4n) is 3.88. The van der Waals surface area contributed by atoms with Crippen LogP contribution in [-0.2, 0) is 19.6 Å². The molecule has 10 heteroatoms. The summed E-state index contributed by atoms with van der Waals surface area (Å²) < 4.78 is 47.1. The van der Waals surface area contributed by atoms with Crippen LogP contribution in [0.15, 0.2) is 47.4 Å². The van der Waals surface area contributed by atoms with Gasteiger partial charge < -0.3 is 9.64 Å². The normalized spacial score (nSPS) is 18.0. The smallest absolute Gasteiger partial charge is 0.243 e. The molecule has 4 rings (SSSR count).